The standard InChI is InChI=1S/C20H16N2O2.2FH.Mn/c23-19-11-5-1-7-15(19)13-21-17-9-3-4-10-18(17)22-14-16-8-2-6-12-20(16)24;;;/h1-14,23-24H;2*1H;/p-4. The number of para-hydroxylation sites is 4. The zero-order chi connectivity index (χ0) is 16.8. The van der Waals surface area contributed by atoms with Gasteiger partial charge in [0.25, 0.3) is 0 Å². The Hall–Kier alpha value is -3.02. The molecule has 1 radical (unpaired) electrons. The molecule has 0 amide bonds. The average Bonchev–Trinajstić information content (AvgIpc) is 2.61. The molecule has 0 atom stereocenters. The summed E-state index contributed by atoms with van der Waals surface area (Å²) in [4.78, 5) is 8.71. The molecule has 0 aliphatic carbocycles. The molecule has 0 saturated heterocycles. The molecule has 0 aliphatic rings. The van der Waals surface area contributed by atoms with Gasteiger partial charge in [-0.1, -0.05) is 60.7 Å². The fraction of sp³-hybridized carbons (Fsp3) is 0. The smallest absolute Gasteiger partial charge is 0.0886 e. The van der Waals surface area contributed by atoms with Crippen LogP contribution in [-0.4, -0.2) is 12.4 Å². The van der Waals surface area contributed by atoms with Gasteiger partial charge in [-0.15, -0.1) is 11.5 Å². The van der Waals surface area contributed by atoms with E-state index in [4.69, 9.17) is 0 Å². The van der Waals surface area contributed by atoms with E-state index in [9.17, 15) is 10.2 Å². The van der Waals surface area contributed by atoms with E-state index in [-0.39, 0.29) is 38.0 Å². The second-order valence-corrected chi connectivity index (χ2v) is 5.08. The van der Waals surface area contributed by atoms with Gasteiger partial charge in [-0.25, -0.2) is 0 Å². The van der Waals surface area contributed by atoms with E-state index in [0.29, 0.717) is 22.5 Å². The fourth-order valence-electron chi connectivity index (χ4n) is 2.14. The van der Waals surface area contributed by atoms with Crippen molar-refractivity contribution in [3.63, 3.8) is 0 Å². The Bertz CT molecular complexity index is 843. The van der Waals surface area contributed by atoms with Gasteiger partial charge in [0.05, 0.1) is 11.4 Å². The van der Waals surface area contributed by atoms with E-state index >= 15 is 0 Å². The molecule has 3 aromatic carbocycles. The van der Waals surface area contributed by atoms with E-state index < -0.39 is 0 Å². The maximum Gasteiger partial charge on any atom is 0.0886 e. The minimum Gasteiger partial charge on any atom is -1.00 e. The third-order valence-corrected chi connectivity index (χ3v) is 3.41. The first-order valence-electron chi connectivity index (χ1n) is 7.43. The van der Waals surface area contributed by atoms with Crippen molar-refractivity contribution >= 4 is 23.8 Å². The first-order valence-corrected chi connectivity index (χ1v) is 7.43. The quantitative estimate of drug-likeness (QED) is 0.350. The van der Waals surface area contributed by atoms with Crippen LogP contribution in [0.3, 0.4) is 0 Å². The Morgan fingerprint density at radius 2 is 0.889 bits per heavy atom. The van der Waals surface area contributed by atoms with Crippen LogP contribution in [0.15, 0.2) is 82.8 Å². The third kappa shape index (κ3) is 6.33. The molecule has 3 rings (SSSR count). The zero-order valence-corrected chi connectivity index (χ0v) is 15.1. The molecular weight excluding hydrogens is 393 g/mol. The van der Waals surface area contributed by atoms with Crippen molar-refractivity contribution in [1.29, 1.82) is 0 Å². The van der Waals surface area contributed by atoms with Gasteiger partial charge in [-0.3, -0.25) is 9.98 Å². The molecule has 0 bridgehead atoms. The van der Waals surface area contributed by atoms with Crippen LogP contribution in [-0.2, 0) is 17.1 Å². The van der Waals surface area contributed by atoms with Gasteiger partial charge < -0.3 is 19.6 Å². The van der Waals surface area contributed by atoms with Gasteiger partial charge in [0.15, 0.2) is 0 Å². The predicted octanol–water partition coefficient (Wildman–Crippen LogP) is -2.66. The molecule has 0 unspecified atom stereocenters. The van der Waals surface area contributed by atoms with Crippen LogP contribution in [0.2, 0.25) is 0 Å². The first-order chi connectivity index (χ1) is 11.7. The van der Waals surface area contributed by atoms with Crippen molar-refractivity contribution in [1.82, 2.24) is 0 Å². The fourth-order valence-corrected chi connectivity index (χ4v) is 2.14. The molecule has 0 spiro atoms. The SMILES string of the molecule is [F-].[F-].[Mn].[O-]c1ccccc1C=Nc1ccccc1N=Cc1ccccc1[O-]. The summed E-state index contributed by atoms with van der Waals surface area (Å²) in [5, 5.41) is 23.4. The van der Waals surface area contributed by atoms with Crippen molar-refractivity contribution in [2.75, 3.05) is 0 Å². The second-order valence-electron chi connectivity index (χ2n) is 5.08. The Kier molecular flexibility index (Phi) is 10.3. The average molecular weight is 407 g/mol. The molecular formula is C20H14F2MnN2O2-4. The van der Waals surface area contributed by atoms with Gasteiger partial charge in [-0.2, -0.15) is 0 Å². The van der Waals surface area contributed by atoms with Crippen molar-refractivity contribution in [2.45, 2.75) is 0 Å². The van der Waals surface area contributed by atoms with Crippen molar-refractivity contribution < 1.29 is 36.7 Å². The van der Waals surface area contributed by atoms with E-state index in [1.165, 1.54) is 24.6 Å². The van der Waals surface area contributed by atoms with E-state index in [1.54, 1.807) is 48.5 Å². The third-order valence-electron chi connectivity index (χ3n) is 3.41. The Morgan fingerprint density at radius 3 is 1.26 bits per heavy atom. The first kappa shape index (κ1) is 24.0. The number of aliphatic imine (C=N–C) groups is 2. The summed E-state index contributed by atoms with van der Waals surface area (Å²) in [6.07, 6.45) is 3.05. The molecule has 0 saturated carbocycles. The maximum atomic E-state index is 11.7. The van der Waals surface area contributed by atoms with Crippen LogP contribution in [0.25, 0.3) is 0 Å². The number of benzene rings is 3. The van der Waals surface area contributed by atoms with Gasteiger partial charge in [-0.05, 0) is 23.3 Å². The summed E-state index contributed by atoms with van der Waals surface area (Å²) in [6, 6.07) is 20.7. The minimum absolute atomic E-state index is 0. The summed E-state index contributed by atoms with van der Waals surface area (Å²) in [5.74, 6) is -0.162. The van der Waals surface area contributed by atoms with Crippen LogP contribution in [0, 0.1) is 0 Å². The Balaban J connectivity index is 0.00000225. The Labute approximate surface area is 166 Å². The molecule has 0 aromatic heterocycles. The monoisotopic (exact) mass is 407 g/mol. The summed E-state index contributed by atoms with van der Waals surface area (Å²) in [5.41, 5.74) is 2.28. The van der Waals surface area contributed by atoms with Gasteiger partial charge in [0, 0.05) is 29.5 Å². The Morgan fingerprint density at radius 1 is 0.556 bits per heavy atom. The molecule has 0 heterocycles. The number of rotatable bonds is 4. The van der Waals surface area contributed by atoms with E-state index in [0.717, 1.165) is 0 Å². The van der Waals surface area contributed by atoms with E-state index in [2.05, 4.69) is 9.98 Å². The zero-order valence-electron chi connectivity index (χ0n) is 13.9. The minimum atomic E-state index is -0.0810. The largest absolute Gasteiger partial charge is 1.00 e. The molecule has 0 fully saturated rings. The van der Waals surface area contributed by atoms with Crippen LogP contribution in [0.5, 0.6) is 11.5 Å². The molecule has 0 aliphatic heterocycles. The molecule has 0 N–H and O–H groups in total. The van der Waals surface area contributed by atoms with Crippen LogP contribution >= 0.6 is 0 Å². The van der Waals surface area contributed by atoms with Crippen molar-refractivity contribution in [3.05, 3.63) is 83.9 Å². The number of nitrogens with zero attached hydrogens (tertiary/aromatic N) is 2. The van der Waals surface area contributed by atoms with Crippen LogP contribution < -0.4 is 19.6 Å². The predicted molar refractivity (Wildman–Crippen MR) is 92.7 cm³/mol. The van der Waals surface area contributed by atoms with Gasteiger partial charge >= 0.3 is 0 Å². The molecule has 27 heavy (non-hydrogen) atoms. The summed E-state index contributed by atoms with van der Waals surface area (Å²) < 4.78 is 0. The summed E-state index contributed by atoms with van der Waals surface area (Å²) in [7, 11) is 0. The maximum absolute atomic E-state index is 11.7. The number of hydrogen-bond donors (Lipinski definition) is 0. The normalized spacial score (nSPS) is 10.1. The van der Waals surface area contributed by atoms with Gasteiger partial charge in [0.1, 0.15) is 0 Å². The topological polar surface area (TPSA) is 70.8 Å². The molecule has 141 valence electrons. The summed E-state index contributed by atoms with van der Waals surface area (Å²) >= 11 is 0. The van der Waals surface area contributed by atoms with E-state index in [1.807, 2.05) is 12.1 Å². The van der Waals surface area contributed by atoms with Crippen molar-refractivity contribution in [2.24, 2.45) is 9.98 Å². The van der Waals surface area contributed by atoms with Crippen molar-refractivity contribution in [3.8, 4) is 11.5 Å². The van der Waals surface area contributed by atoms with Crippen LogP contribution in [0.1, 0.15) is 11.1 Å². The second kappa shape index (κ2) is 11.6. The van der Waals surface area contributed by atoms with Crippen LogP contribution in [0.4, 0.5) is 11.4 Å². The molecule has 3 aromatic rings. The molecule has 7 heteroatoms. The summed E-state index contributed by atoms with van der Waals surface area (Å²) in [6.45, 7) is 0. The van der Waals surface area contributed by atoms with Gasteiger partial charge in [0.2, 0.25) is 0 Å². The number of halogens is 2. The molecule has 4 nitrogen and oxygen atoms in total. The number of hydrogen-bond acceptors (Lipinski definition) is 4.